The molecule has 3 saturated carbocycles. The number of fused-ring (bicyclic) bond motifs is 4. The molecule has 5 rings (SSSR count). The van der Waals surface area contributed by atoms with Crippen molar-refractivity contribution in [1.82, 2.24) is 9.80 Å². The Balaban J connectivity index is 1.45. The van der Waals surface area contributed by atoms with E-state index < -0.39 is 0 Å². The predicted octanol–water partition coefficient (Wildman–Crippen LogP) is 4.81. The Kier molecular flexibility index (Phi) is 3.98. The topological polar surface area (TPSA) is 6.48 Å². The molecular weight excluding hydrogens is 316 g/mol. The molecule has 0 aromatic carbocycles. The second-order valence-electron chi connectivity index (χ2n) is 11.2. The SMILES string of the molecule is C[C@H]1[C@@H]2CC[C@H]3[C@@H]4CC=C5C[C@@H](N(C)C)CC[C@]5(C)[C@H]4CC[C@@]32CN1C. The normalized spacial score (nSPS) is 53.7. The van der Waals surface area contributed by atoms with Gasteiger partial charge in [-0.25, -0.2) is 0 Å². The van der Waals surface area contributed by atoms with Crippen molar-refractivity contribution in [1.29, 1.82) is 0 Å². The molecule has 4 aliphatic carbocycles. The second kappa shape index (κ2) is 5.83. The predicted molar refractivity (Wildman–Crippen MR) is 109 cm³/mol. The van der Waals surface area contributed by atoms with Crippen LogP contribution in [-0.4, -0.2) is 49.6 Å². The van der Waals surface area contributed by atoms with Crippen LogP contribution in [0, 0.1) is 34.5 Å². The Morgan fingerprint density at radius 3 is 2.58 bits per heavy atom. The van der Waals surface area contributed by atoms with Crippen molar-refractivity contribution < 1.29 is 0 Å². The maximum atomic E-state index is 2.74. The highest BCUT2D eigenvalue weighted by Crippen LogP contribution is 2.68. The minimum atomic E-state index is 0.519. The van der Waals surface area contributed by atoms with Gasteiger partial charge in [-0.3, -0.25) is 0 Å². The van der Waals surface area contributed by atoms with Crippen LogP contribution in [0.25, 0.3) is 0 Å². The van der Waals surface area contributed by atoms with E-state index in [9.17, 15) is 0 Å². The molecule has 0 bridgehead atoms. The summed E-state index contributed by atoms with van der Waals surface area (Å²) >= 11 is 0. The fourth-order valence-electron chi connectivity index (χ4n) is 8.88. The zero-order chi connectivity index (χ0) is 18.3. The molecule has 0 unspecified atom stereocenters. The Morgan fingerprint density at radius 1 is 1.04 bits per heavy atom. The number of hydrogen-bond acceptors (Lipinski definition) is 2. The molecule has 0 aromatic heterocycles. The highest BCUT2D eigenvalue weighted by Gasteiger charge is 2.63. The van der Waals surface area contributed by atoms with Gasteiger partial charge in [-0.15, -0.1) is 0 Å². The van der Waals surface area contributed by atoms with Gasteiger partial charge in [0.25, 0.3) is 0 Å². The van der Waals surface area contributed by atoms with E-state index in [2.05, 4.69) is 50.9 Å². The summed E-state index contributed by atoms with van der Waals surface area (Å²) in [4.78, 5) is 5.17. The van der Waals surface area contributed by atoms with E-state index in [0.717, 1.165) is 35.8 Å². The van der Waals surface area contributed by atoms with Crippen molar-refractivity contribution >= 4 is 0 Å². The molecule has 0 N–H and O–H groups in total. The first-order valence-corrected chi connectivity index (χ1v) is 11.4. The summed E-state index contributed by atoms with van der Waals surface area (Å²) in [6.07, 6.45) is 14.4. The molecule has 2 heteroatoms. The lowest BCUT2D eigenvalue weighted by Crippen LogP contribution is -2.52. The molecule has 0 amide bonds. The molecule has 8 atom stereocenters. The summed E-state index contributed by atoms with van der Waals surface area (Å²) in [5.74, 6) is 3.96. The largest absolute Gasteiger partial charge is 0.306 e. The van der Waals surface area contributed by atoms with Gasteiger partial charge in [0.15, 0.2) is 0 Å². The van der Waals surface area contributed by atoms with E-state index in [4.69, 9.17) is 0 Å². The molecule has 4 fully saturated rings. The number of nitrogens with zero attached hydrogens (tertiary/aromatic N) is 2. The third-order valence-corrected chi connectivity index (χ3v) is 10.4. The van der Waals surface area contributed by atoms with Gasteiger partial charge in [0.2, 0.25) is 0 Å². The number of hydrogen-bond donors (Lipinski definition) is 0. The van der Waals surface area contributed by atoms with Gasteiger partial charge in [-0.05, 0) is 114 Å². The zero-order valence-corrected chi connectivity index (χ0v) is 17.8. The van der Waals surface area contributed by atoms with E-state index in [-0.39, 0.29) is 0 Å². The van der Waals surface area contributed by atoms with Crippen LogP contribution in [0.15, 0.2) is 11.6 Å². The van der Waals surface area contributed by atoms with Crippen LogP contribution in [0.1, 0.15) is 65.2 Å². The quantitative estimate of drug-likeness (QED) is 0.622. The van der Waals surface area contributed by atoms with Crippen LogP contribution < -0.4 is 0 Å². The van der Waals surface area contributed by atoms with Crippen LogP contribution in [0.4, 0.5) is 0 Å². The average molecular weight is 357 g/mol. The molecular formula is C24H40N2. The molecule has 2 nitrogen and oxygen atoms in total. The van der Waals surface area contributed by atoms with Gasteiger partial charge < -0.3 is 9.80 Å². The van der Waals surface area contributed by atoms with Gasteiger partial charge in [0, 0.05) is 18.6 Å². The fourth-order valence-corrected chi connectivity index (χ4v) is 8.88. The lowest BCUT2D eigenvalue weighted by atomic mass is 9.47. The molecule has 5 aliphatic rings. The first kappa shape index (κ1) is 17.7. The maximum absolute atomic E-state index is 2.74. The van der Waals surface area contributed by atoms with E-state index in [1.165, 1.54) is 57.9 Å². The van der Waals surface area contributed by atoms with Crippen LogP contribution >= 0.6 is 0 Å². The summed E-state index contributed by atoms with van der Waals surface area (Å²) in [6, 6.07) is 1.60. The van der Waals surface area contributed by atoms with Gasteiger partial charge >= 0.3 is 0 Å². The smallest absolute Gasteiger partial charge is 0.0127 e. The van der Waals surface area contributed by atoms with Gasteiger partial charge in [-0.2, -0.15) is 0 Å². The summed E-state index contributed by atoms with van der Waals surface area (Å²) in [5.41, 5.74) is 3.04. The van der Waals surface area contributed by atoms with Gasteiger partial charge in [0.1, 0.15) is 0 Å². The Labute approximate surface area is 161 Å². The van der Waals surface area contributed by atoms with Crippen LogP contribution in [-0.2, 0) is 0 Å². The van der Waals surface area contributed by atoms with E-state index in [1.54, 1.807) is 0 Å². The number of likely N-dealkylation sites (tertiary alicyclic amines) is 1. The van der Waals surface area contributed by atoms with Crippen LogP contribution in [0.3, 0.4) is 0 Å². The zero-order valence-electron chi connectivity index (χ0n) is 17.8. The standard InChI is InChI=1S/C24H40N2/c1-16-20-8-9-22-19-7-6-17-14-18(25(3)4)10-12-23(17,2)21(19)11-13-24(20,22)15-26(16)5/h6,16,18-22H,7-15H2,1-5H3/t16-,18-,19+,20-,21-,22-,23-,24-/m0/s1. The van der Waals surface area contributed by atoms with Crippen LogP contribution in [0.2, 0.25) is 0 Å². The Morgan fingerprint density at radius 2 is 1.81 bits per heavy atom. The molecule has 26 heavy (non-hydrogen) atoms. The Hall–Kier alpha value is -0.340. The summed E-state index contributed by atoms with van der Waals surface area (Å²) < 4.78 is 0. The molecule has 146 valence electrons. The average Bonchev–Trinajstić information content (AvgIpc) is 3.08. The molecule has 1 spiro atoms. The lowest BCUT2D eigenvalue weighted by molar-refractivity contribution is -0.0430. The monoisotopic (exact) mass is 356 g/mol. The number of rotatable bonds is 1. The van der Waals surface area contributed by atoms with E-state index in [1.807, 2.05) is 5.57 Å². The van der Waals surface area contributed by atoms with E-state index in [0.29, 0.717) is 10.8 Å². The molecule has 1 saturated heterocycles. The van der Waals surface area contributed by atoms with Gasteiger partial charge in [0.05, 0.1) is 0 Å². The van der Waals surface area contributed by atoms with Crippen molar-refractivity contribution in [3.05, 3.63) is 11.6 Å². The summed E-state index contributed by atoms with van der Waals surface area (Å²) in [7, 11) is 6.95. The first-order valence-electron chi connectivity index (χ1n) is 11.4. The molecule has 0 radical (unpaired) electrons. The number of allylic oxidation sites excluding steroid dienone is 1. The van der Waals surface area contributed by atoms with Crippen molar-refractivity contribution in [2.75, 3.05) is 27.7 Å². The highest BCUT2D eigenvalue weighted by atomic mass is 15.2. The fraction of sp³-hybridized carbons (Fsp3) is 0.917. The molecule has 1 heterocycles. The summed E-state index contributed by atoms with van der Waals surface area (Å²) in [6.45, 7) is 6.56. The lowest BCUT2D eigenvalue weighted by Gasteiger charge is -2.58. The van der Waals surface area contributed by atoms with Crippen LogP contribution in [0.5, 0.6) is 0 Å². The van der Waals surface area contributed by atoms with Crippen molar-refractivity contribution in [3.63, 3.8) is 0 Å². The maximum Gasteiger partial charge on any atom is 0.0127 e. The van der Waals surface area contributed by atoms with Crippen molar-refractivity contribution in [2.45, 2.75) is 77.3 Å². The minimum Gasteiger partial charge on any atom is -0.306 e. The van der Waals surface area contributed by atoms with E-state index >= 15 is 0 Å². The third kappa shape index (κ3) is 2.18. The van der Waals surface area contributed by atoms with Gasteiger partial charge in [-0.1, -0.05) is 18.6 Å². The Bertz CT molecular complexity index is 609. The minimum absolute atomic E-state index is 0.519. The molecule has 1 aliphatic heterocycles. The molecule has 0 aromatic rings. The third-order valence-electron chi connectivity index (χ3n) is 10.4. The second-order valence-corrected chi connectivity index (χ2v) is 11.2. The van der Waals surface area contributed by atoms with Crippen molar-refractivity contribution in [3.8, 4) is 0 Å². The van der Waals surface area contributed by atoms with Crippen molar-refractivity contribution in [2.24, 2.45) is 34.5 Å². The summed E-state index contributed by atoms with van der Waals surface area (Å²) in [5, 5.41) is 0. The highest BCUT2D eigenvalue weighted by molar-refractivity contribution is 5.26. The first-order chi connectivity index (χ1) is 12.4.